The number of carbonyl (C=O) groups is 4. The Hall–Kier alpha value is -5.39. The fourth-order valence-electron chi connectivity index (χ4n) is 7.54. The van der Waals surface area contributed by atoms with Crippen molar-refractivity contribution < 1.29 is 46.2 Å². The number of alkyl halides is 3. The number of carbonyl (C=O) groups excluding carboxylic acids is 4. The zero-order chi connectivity index (χ0) is 42.1. The van der Waals surface area contributed by atoms with Gasteiger partial charge in [-0.2, -0.15) is 18.4 Å². The van der Waals surface area contributed by atoms with Crippen LogP contribution >= 0.6 is 23.8 Å². The summed E-state index contributed by atoms with van der Waals surface area (Å²) >= 11 is 11.9. The number of nitrogens with one attached hydrogen (secondary N) is 3. The Kier molecular flexibility index (Phi) is 12.1. The van der Waals surface area contributed by atoms with Crippen molar-refractivity contribution in [1.29, 1.82) is 5.26 Å². The Labute approximate surface area is 345 Å². The maximum Gasteiger partial charge on any atom is 0.417 e. The maximum atomic E-state index is 15.6. The van der Waals surface area contributed by atoms with Crippen LogP contribution in [0.1, 0.15) is 30.4 Å². The van der Waals surface area contributed by atoms with Crippen LogP contribution in [0.15, 0.2) is 54.6 Å². The van der Waals surface area contributed by atoms with E-state index in [4.69, 9.17) is 33.3 Å². The van der Waals surface area contributed by atoms with E-state index in [9.17, 15) is 37.6 Å². The molecule has 14 nitrogen and oxygen atoms in total. The normalized spacial score (nSPS) is 21.5. The van der Waals surface area contributed by atoms with Gasteiger partial charge in [0.2, 0.25) is 17.7 Å². The number of ether oxygens (including phenoxy) is 2. The van der Waals surface area contributed by atoms with E-state index in [1.54, 1.807) is 18.2 Å². The number of halogens is 5. The first kappa shape index (κ1) is 41.8. The number of imide groups is 1. The molecule has 0 saturated carbocycles. The van der Waals surface area contributed by atoms with Crippen molar-refractivity contribution in [2.24, 2.45) is 0 Å². The van der Waals surface area contributed by atoms with Gasteiger partial charge in [0.1, 0.15) is 12.6 Å². The number of piperidine rings is 1. The molecule has 4 heterocycles. The number of rotatable bonds is 11. The second kappa shape index (κ2) is 17.1. The third kappa shape index (κ3) is 8.96. The first-order valence-electron chi connectivity index (χ1n) is 18.6. The monoisotopic (exact) mass is 856 g/mol. The van der Waals surface area contributed by atoms with Crippen LogP contribution in [-0.2, 0) is 30.1 Å². The van der Waals surface area contributed by atoms with Gasteiger partial charge in [0.05, 0.1) is 36.0 Å². The van der Waals surface area contributed by atoms with Crippen LogP contribution in [-0.4, -0.2) is 109 Å². The van der Waals surface area contributed by atoms with Gasteiger partial charge in [-0.1, -0.05) is 11.6 Å². The number of benzene rings is 3. The average molecular weight is 857 g/mol. The Morgan fingerprint density at radius 1 is 1.03 bits per heavy atom. The van der Waals surface area contributed by atoms with Crippen LogP contribution in [0.2, 0.25) is 5.02 Å². The zero-order valence-corrected chi connectivity index (χ0v) is 32.8. The third-order valence-corrected chi connectivity index (χ3v) is 11.1. The Morgan fingerprint density at radius 3 is 2.44 bits per heavy atom. The highest BCUT2D eigenvalue weighted by molar-refractivity contribution is 7.81. The van der Waals surface area contributed by atoms with E-state index in [2.05, 4.69) is 20.9 Å². The van der Waals surface area contributed by atoms with Gasteiger partial charge >= 0.3 is 6.18 Å². The van der Waals surface area contributed by atoms with Crippen molar-refractivity contribution in [3.63, 3.8) is 0 Å². The lowest BCUT2D eigenvalue weighted by Gasteiger charge is -2.34. The van der Waals surface area contributed by atoms with Crippen LogP contribution in [0.3, 0.4) is 0 Å². The number of nitriles is 1. The van der Waals surface area contributed by atoms with Crippen molar-refractivity contribution in [2.75, 3.05) is 79.5 Å². The van der Waals surface area contributed by atoms with E-state index in [1.807, 2.05) is 4.90 Å². The summed E-state index contributed by atoms with van der Waals surface area (Å²) in [4.78, 5) is 56.9. The fourth-order valence-corrected chi connectivity index (χ4v) is 8.25. The number of hydrogen-bond acceptors (Lipinski definition) is 11. The van der Waals surface area contributed by atoms with Crippen LogP contribution in [0.5, 0.6) is 5.75 Å². The minimum absolute atomic E-state index is 0.0486. The molecule has 0 bridgehead atoms. The Balaban J connectivity index is 0.911. The summed E-state index contributed by atoms with van der Waals surface area (Å²) in [5.74, 6) is -2.42. The summed E-state index contributed by atoms with van der Waals surface area (Å²) < 4.78 is 68.3. The van der Waals surface area contributed by atoms with E-state index < -0.39 is 46.5 Å². The third-order valence-electron chi connectivity index (χ3n) is 10.5. The van der Waals surface area contributed by atoms with E-state index in [0.29, 0.717) is 61.6 Å². The number of piperazine rings is 1. The number of hydrogen-bond donors (Lipinski definition) is 3. The smallest absolute Gasteiger partial charge is 0.417 e. The zero-order valence-electron chi connectivity index (χ0n) is 31.2. The molecule has 59 heavy (non-hydrogen) atoms. The molecule has 2 atom stereocenters. The molecule has 0 radical (unpaired) electrons. The van der Waals surface area contributed by atoms with E-state index in [1.165, 1.54) is 29.2 Å². The highest BCUT2D eigenvalue weighted by atomic mass is 35.5. The highest BCUT2D eigenvalue weighted by Gasteiger charge is 2.59. The molecule has 4 fully saturated rings. The minimum atomic E-state index is -4.86. The van der Waals surface area contributed by atoms with E-state index in [0.717, 1.165) is 17.0 Å². The second-order valence-corrected chi connectivity index (χ2v) is 15.2. The molecule has 20 heteroatoms. The molecule has 310 valence electrons. The number of thiocarbonyl (C=S) groups is 1. The molecule has 4 aliphatic rings. The van der Waals surface area contributed by atoms with Gasteiger partial charge in [0, 0.05) is 80.3 Å². The average Bonchev–Trinajstić information content (AvgIpc) is 3.75. The molecule has 4 amide bonds. The fraction of sp³-hybridized carbons (Fsp3) is 0.385. The lowest BCUT2D eigenvalue weighted by molar-refractivity contribution is -0.138. The minimum Gasteiger partial charge on any atom is -0.489 e. The van der Waals surface area contributed by atoms with Crippen LogP contribution < -0.4 is 30.5 Å². The van der Waals surface area contributed by atoms with E-state index in [-0.39, 0.29) is 73.3 Å². The van der Waals surface area contributed by atoms with Crippen molar-refractivity contribution in [2.45, 2.75) is 37.0 Å². The Morgan fingerprint density at radius 2 is 1.76 bits per heavy atom. The van der Waals surface area contributed by atoms with Crippen molar-refractivity contribution in [3.8, 4) is 11.8 Å². The van der Waals surface area contributed by atoms with Crippen LogP contribution in [0, 0.1) is 17.1 Å². The van der Waals surface area contributed by atoms with Gasteiger partial charge in [-0.25, -0.2) is 4.39 Å². The van der Waals surface area contributed by atoms with Crippen LogP contribution in [0.4, 0.5) is 40.3 Å². The molecule has 4 aliphatic heterocycles. The molecule has 0 aliphatic carbocycles. The summed E-state index contributed by atoms with van der Waals surface area (Å²) in [5.41, 5.74) is -2.26. The largest absolute Gasteiger partial charge is 0.489 e. The lowest BCUT2D eigenvalue weighted by Crippen LogP contribution is -2.50. The molecule has 0 aromatic heterocycles. The predicted molar refractivity (Wildman–Crippen MR) is 212 cm³/mol. The number of nitrogens with zero attached hydrogens (tertiary/aromatic N) is 5. The van der Waals surface area contributed by atoms with Crippen molar-refractivity contribution >= 4 is 75.3 Å². The molecule has 1 spiro atoms. The molecule has 4 saturated heterocycles. The van der Waals surface area contributed by atoms with Crippen LogP contribution in [0.25, 0.3) is 0 Å². The number of amides is 4. The van der Waals surface area contributed by atoms with Crippen molar-refractivity contribution in [3.05, 3.63) is 76.6 Å². The second-order valence-electron chi connectivity index (χ2n) is 14.4. The summed E-state index contributed by atoms with van der Waals surface area (Å²) in [6.45, 7) is 3.21. The van der Waals surface area contributed by atoms with Gasteiger partial charge in [-0.3, -0.25) is 39.2 Å². The summed E-state index contributed by atoms with van der Waals surface area (Å²) in [6, 6.07) is 12.8. The SMILES string of the molecule is N#Cc1ccc(N2C(=O)C3(CCOC3)N(c3ccc(OCCN4CCN(CC(=O)Nc5cc(Cl)cc(NC6CCC(=O)NC6=O)c5)CC4)c(F)c3)C2=S)cc1C(F)(F)F. The standard InChI is InChI=1S/C39H37ClF4N8O6S/c40-24-15-25(46-31-4-6-33(53)48-35(31)55)17-26(16-24)47-34(54)21-50-10-8-49(9-11-50)12-14-58-32-5-3-28(19-30(32)41)52-37(59)51(36(56)38(52)7-13-57-22-38)27-2-1-23(20-45)29(18-27)39(42,43)44/h1-3,5,15-19,31,46H,4,6-14,21-22H2,(H,47,54)(H,48,53,55). The van der Waals surface area contributed by atoms with Gasteiger partial charge in [0.15, 0.2) is 22.2 Å². The summed E-state index contributed by atoms with van der Waals surface area (Å²) in [5, 5.41) is 17.6. The van der Waals surface area contributed by atoms with Crippen molar-refractivity contribution in [1.82, 2.24) is 15.1 Å². The first-order chi connectivity index (χ1) is 28.1. The van der Waals surface area contributed by atoms with Gasteiger partial charge in [-0.05, 0) is 67.2 Å². The predicted octanol–water partition coefficient (Wildman–Crippen LogP) is 4.52. The highest BCUT2D eigenvalue weighted by Crippen LogP contribution is 2.43. The van der Waals surface area contributed by atoms with Gasteiger partial charge in [-0.15, -0.1) is 0 Å². The topological polar surface area (TPSA) is 160 Å². The molecule has 3 aromatic carbocycles. The quantitative estimate of drug-likeness (QED) is 0.141. The van der Waals surface area contributed by atoms with E-state index >= 15 is 4.39 Å². The van der Waals surface area contributed by atoms with Gasteiger partial charge < -0.3 is 25.0 Å². The molecule has 3 N–H and O–H groups in total. The molecule has 2 unspecified atom stereocenters. The number of anilines is 4. The summed E-state index contributed by atoms with van der Waals surface area (Å²) in [6.07, 6.45) is -4.16. The van der Waals surface area contributed by atoms with Gasteiger partial charge in [0.25, 0.3) is 5.91 Å². The molecular formula is C39H37ClF4N8O6S. The molecule has 7 rings (SSSR count). The Bertz CT molecular complexity index is 2230. The molecule has 3 aromatic rings. The maximum absolute atomic E-state index is 15.6. The lowest BCUT2D eigenvalue weighted by atomic mass is 9.96. The summed E-state index contributed by atoms with van der Waals surface area (Å²) in [7, 11) is 0. The first-order valence-corrected chi connectivity index (χ1v) is 19.4. The molecular weight excluding hydrogens is 820 g/mol.